The van der Waals surface area contributed by atoms with Crippen LogP contribution in [0.1, 0.15) is 149 Å². The van der Waals surface area contributed by atoms with Crippen molar-refractivity contribution < 1.29 is 39.8 Å². The van der Waals surface area contributed by atoms with Crippen molar-refractivity contribution in [3.63, 3.8) is 0 Å². The van der Waals surface area contributed by atoms with E-state index in [1.54, 1.807) is 6.08 Å². The van der Waals surface area contributed by atoms with Crippen LogP contribution in [0.2, 0.25) is 0 Å². The number of rotatable bonds is 30. The fourth-order valence-electron chi connectivity index (χ4n) is 5.77. The van der Waals surface area contributed by atoms with Gasteiger partial charge >= 0.3 is 0 Å². The molecule has 7 atom stereocenters. The van der Waals surface area contributed by atoms with E-state index in [1.807, 2.05) is 6.08 Å². The van der Waals surface area contributed by atoms with Gasteiger partial charge in [0.1, 0.15) is 24.4 Å². The van der Waals surface area contributed by atoms with Crippen molar-refractivity contribution in [2.24, 2.45) is 0 Å². The number of hydrogen-bond donors (Lipinski definition) is 6. The van der Waals surface area contributed by atoms with Crippen molar-refractivity contribution in [1.82, 2.24) is 5.32 Å². The molecule has 1 saturated heterocycles. The average molecular weight is 682 g/mol. The Morgan fingerprint density at radius 2 is 1.19 bits per heavy atom. The zero-order valence-corrected chi connectivity index (χ0v) is 30.2. The van der Waals surface area contributed by atoms with Gasteiger partial charge in [-0.15, -0.1) is 0 Å². The zero-order chi connectivity index (χ0) is 35.2. The summed E-state index contributed by atoms with van der Waals surface area (Å²) in [6.45, 7) is 3.68. The molecule has 9 nitrogen and oxygen atoms in total. The molecule has 1 amide bonds. The summed E-state index contributed by atoms with van der Waals surface area (Å²) in [5.74, 6) is -0.195. The lowest BCUT2D eigenvalue weighted by Gasteiger charge is -2.40. The van der Waals surface area contributed by atoms with Crippen LogP contribution in [0.4, 0.5) is 0 Å². The second-order valence-electron chi connectivity index (χ2n) is 13.4. The van der Waals surface area contributed by atoms with Crippen LogP contribution >= 0.6 is 0 Å². The number of hydrogen-bond acceptors (Lipinski definition) is 8. The highest BCUT2D eigenvalue weighted by molar-refractivity contribution is 5.76. The number of carbonyl (C=O) groups is 1. The van der Waals surface area contributed by atoms with E-state index in [0.29, 0.717) is 6.42 Å². The predicted molar refractivity (Wildman–Crippen MR) is 193 cm³/mol. The van der Waals surface area contributed by atoms with E-state index in [4.69, 9.17) is 9.47 Å². The van der Waals surface area contributed by atoms with Crippen LogP contribution in [0.25, 0.3) is 0 Å². The lowest BCUT2D eigenvalue weighted by atomic mass is 9.99. The summed E-state index contributed by atoms with van der Waals surface area (Å²) in [7, 11) is 0. The minimum Gasteiger partial charge on any atom is -0.394 e. The minimum absolute atomic E-state index is 0.195. The Morgan fingerprint density at radius 3 is 1.75 bits per heavy atom. The highest BCUT2D eigenvalue weighted by Gasteiger charge is 2.44. The standard InChI is InChI=1S/C39H71NO8/c1-3-5-7-9-11-13-15-17-18-20-22-24-26-28-33(42)32(31-47-39-38(46)37(45)36(44)34(30-41)48-39)40-35(43)29-27-25-23-21-19-16-14-12-10-8-6-4-2/h11,13,18,20,26,28,32-34,36-39,41-42,44-46H,3-10,12,14-17,19,21-25,27,29-31H2,1-2H3,(H,40,43)/b13-11+,20-18+,28-26+. The van der Waals surface area contributed by atoms with Crippen LogP contribution in [0.5, 0.6) is 0 Å². The van der Waals surface area contributed by atoms with Gasteiger partial charge in [0.2, 0.25) is 5.91 Å². The first-order chi connectivity index (χ1) is 23.3. The third-order valence-electron chi connectivity index (χ3n) is 8.95. The normalized spacial score (nSPS) is 23.0. The van der Waals surface area contributed by atoms with Crippen molar-refractivity contribution in [3.8, 4) is 0 Å². The molecule has 7 unspecified atom stereocenters. The number of aliphatic hydroxyl groups is 5. The summed E-state index contributed by atoms with van der Waals surface area (Å²) >= 11 is 0. The summed E-state index contributed by atoms with van der Waals surface area (Å²) in [6, 6.07) is -0.821. The smallest absolute Gasteiger partial charge is 0.220 e. The summed E-state index contributed by atoms with van der Waals surface area (Å²) in [5.41, 5.74) is 0. The van der Waals surface area contributed by atoms with Gasteiger partial charge in [0, 0.05) is 6.42 Å². The zero-order valence-electron chi connectivity index (χ0n) is 30.2. The molecule has 9 heteroatoms. The number of nitrogens with one attached hydrogen (secondary N) is 1. The molecule has 0 aromatic heterocycles. The van der Waals surface area contributed by atoms with Crippen molar-refractivity contribution >= 4 is 5.91 Å². The topological polar surface area (TPSA) is 149 Å². The first kappa shape index (κ1) is 44.4. The van der Waals surface area contributed by atoms with Gasteiger partial charge in [0.15, 0.2) is 6.29 Å². The fraction of sp³-hybridized carbons (Fsp3) is 0.821. The lowest BCUT2D eigenvalue weighted by molar-refractivity contribution is -0.302. The van der Waals surface area contributed by atoms with E-state index in [0.717, 1.165) is 51.4 Å². The van der Waals surface area contributed by atoms with Crippen LogP contribution in [-0.2, 0) is 14.3 Å². The molecule has 280 valence electrons. The second kappa shape index (κ2) is 30.3. The van der Waals surface area contributed by atoms with E-state index in [2.05, 4.69) is 43.5 Å². The molecule has 1 rings (SSSR count). The SMILES string of the molecule is CCCCC/C=C/CC/C=C/CC/C=C/C(O)C(COC1OC(CO)C(O)C(O)C1O)NC(=O)CCCCCCCCCCCCCC. The summed E-state index contributed by atoms with van der Waals surface area (Å²) < 4.78 is 11.1. The molecule has 1 aliphatic rings. The van der Waals surface area contributed by atoms with Crippen molar-refractivity contribution in [2.45, 2.75) is 192 Å². The fourth-order valence-corrected chi connectivity index (χ4v) is 5.77. The van der Waals surface area contributed by atoms with Crippen LogP contribution in [0.3, 0.4) is 0 Å². The summed E-state index contributed by atoms with van der Waals surface area (Å²) in [5, 5.41) is 53.8. The van der Waals surface area contributed by atoms with Crippen LogP contribution in [-0.4, -0.2) is 87.5 Å². The van der Waals surface area contributed by atoms with E-state index in [9.17, 15) is 30.3 Å². The molecule has 0 bridgehead atoms. The minimum atomic E-state index is -1.57. The van der Waals surface area contributed by atoms with Crippen LogP contribution < -0.4 is 5.32 Å². The molecule has 0 saturated carbocycles. The summed E-state index contributed by atoms with van der Waals surface area (Å²) in [6.07, 6.45) is 27.6. The Hall–Kier alpha value is -1.59. The van der Waals surface area contributed by atoms with E-state index in [-0.39, 0.29) is 12.5 Å². The molecule has 1 heterocycles. The third-order valence-corrected chi connectivity index (χ3v) is 8.95. The molecule has 48 heavy (non-hydrogen) atoms. The molecule has 1 fully saturated rings. The summed E-state index contributed by atoms with van der Waals surface area (Å²) in [4.78, 5) is 12.8. The van der Waals surface area contributed by atoms with E-state index >= 15 is 0 Å². The monoisotopic (exact) mass is 682 g/mol. The second-order valence-corrected chi connectivity index (χ2v) is 13.4. The first-order valence-corrected chi connectivity index (χ1v) is 19.2. The maximum absolute atomic E-state index is 12.8. The Bertz CT molecular complexity index is 848. The van der Waals surface area contributed by atoms with Gasteiger partial charge in [-0.3, -0.25) is 4.79 Å². The van der Waals surface area contributed by atoms with Gasteiger partial charge < -0.3 is 40.3 Å². The number of carbonyl (C=O) groups excluding carboxylic acids is 1. The van der Waals surface area contributed by atoms with E-state index < -0.39 is 49.5 Å². The molecular formula is C39H71NO8. The maximum atomic E-state index is 12.8. The van der Waals surface area contributed by atoms with Crippen molar-refractivity contribution in [1.29, 1.82) is 0 Å². The molecule has 6 N–H and O–H groups in total. The predicted octanol–water partition coefficient (Wildman–Crippen LogP) is 6.55. The third kappa shape index (κ3) is 21.5. The highest BCUT2D eigenvalue weighted by atomic mass is 16.7. The van der Waals surface area contributed by atoms with Gasteiger partial charge in [-0.05, 0) is 44.9 Å². The van der Waals surface area contributed by atoms with Crippen LogP contribution in [0.15, 0.2) is 36.5 Å². The number of allylic oxidation sites excluding steroid dienone is 5. The van der Waals surface area contributed by atoms with Crippen LogP contribution in [0, 0.1) is 0 Å². The van der Waals surface area contributed by atoms with Gasteiger partial charge in [-0.1, -0.05) is 134 Å². The number of ether oxygens (including phenoxy) is 2. The van der Waals surface area contributed by atoms with Gasteiger partial charge in [0.25, 0.3) is 0 Å². The number of amides is 1. The molecule has 1 aliphatic heterocycles. The quantitative estimate of drug-likeness (QED) is 0.0370. The molecule has 0 aliphatic carbocycles. The Kier molecular flexibility index (Phi) is 28.0. The van der Waals surface area contributed by atoms with Crippen molar-refractivity contribution in [2.75, 3.05) is 13.2 Å². The van der Waals surface area contributed by atoms with E-state index in [1.165, 1.54) is 77.0 Å². The highest BCUT2D eigenvalue weighted by Crippen LogP contribution is 2.22. The first-order valence-electron chi connectivity index (χ1n) is 19.2. The van der Waals surface area contributed by atoms with Gasteiger partial charge in [-0.25, -0.2) is 0 Å². The molecule has 0 aromatic rings. The number of unbranched alkanes of at least 4 members (excludes halogenated alkanes) is 16. The Morgan fingerprint density at radius 1 is 0.688 bits per heavy atom. The molecule has 0 aromatic carbocycles. The maximum Gasteiger partial charge on any atom is 0.220 e. The van der Waals surface area contributed by atoms with Gasteiger partial charge in [0.05, 0.1) is 25.4 Å². The molecular weight excluding hydrogens is 610 g/mol. The largest absolute Gasteiger partial charge is 0.394 e. The lowest BCUT2D eigenvalue weighted by Crippen LogP contribution is -2.60. The van der Waals surface area contributed by atoms with Gasteiger partial charge in [-0.2, -0.15) is 0 Å². The molecule has 0 radical (unpaired) electrons. The van der Waals surface area contributed by atoms with Crippen molar-refractivity contribution in [3.05, 3.63) is 36.5 Å². The number of aliphatic hydroxyl groups excluding tert-OH is 5. The Balaban J connectivity index is 2.51. The Labute approximate surface area is 291 Å². The molecule has 0 spiro atoms. The average Bonchev–Trinajstić information content (AvgIpc) is 3.08.